The molecule has 0 aromatic heterocycles. The first-order valence-corrected chi connectivity index (χ1v) is 4.74. The van der Waals surface area contributed by atoms with Crippen molar-refractivity contribution in [2.45, 2.75) is 0 Å². The van der Waals surface area contributed by atoms with Crippen LogP contribution in [0, 0.1) is 0 Å². The monoisotopic (exact) mass is 278 g/mol. The molecule has 0 spiro atoms. The van der Waals surface area contributed by atoms with Crippen LogP contribution in [0.15, 0.2) is 6.07 Å². The van der Waals surface area contributed by atoms with Crippen LogP contribution in [0.25, 0.3) is 0 Å². The van der Waals surface area contributed by atoms with Gasteiger partial charge in [-0.3, -0.25) is 0 Å². The lowest BCUT2D eigenvalue weighted by Crippen LogP contribution is -2.12. The first-order chi connectivity index (χ1) is 7.77. The van der Waals surface area contributed by atoms with Gasteiger partial charge in [0, 0.05) is 0 Å². The molecule has 6 nitrogen and oxygen atoms in total. The van der Waals surface area contributed by atoms with Crippen LogP contribution in [0.3, 0.4) is 0 Å². The zero-order chi connectivity index (χ0) is 13.3. The van der Waals surface area contributed by atoms with Crippen LogP contribution >= 0.6 is 23.2 Å². The largest absolute Gasteiger partial charge is 0.478 e. The highest BCUT2D eigenvalue weighted by molar-refractivity contribution is 6.45. The average Bonchev–Trinajstić information content (AvgIpc) is 2.19. The summed E-state index contributed by atoms with van der Waals surface area (Å²) in [6, 6.07) is 0.655. The number of carboxylic acids is 3. The summed E-state index contributed by atoms with van der Waals surface area (Å²) in [4.78, 5) is 32.4. The van der Waals surface area contributed by atoms with Crippen molar-refractivity contribution < 1.29 is 29.7 Å². The number of benzene rings is 1. The third-order valence-corrected chi connectivity index (χ3v) is 2.75. The SMILES string of the molecule is O=C(O)c1cc(C(=O)O)c(C(=O)O)c(Cl)c1Cl. The Kier molecular flexibility index (Phi) is 3.59. The predicted octanol–water partition coefficient (Wildman–Crippen LogP) is 2.09. The van der Waals surface area contributed by atoms with Gasteiger partial charge in [0.2, 0.25) is 0 Å². The fraction of sp³-hybridized carbons (Fsp3) is 0. The fourth-order valence-electron chi connectivity index (χ4n) is 1.16. The molecule has 0 fully saturated rings. The van der Waals surface area contributed by atoms with Gasteiger partial charge in [-0.2, -0.15) is 0 Å². The van der Waals surface area contributed by atoms with Crippen molar-refractivity contribution >= 4 is 41.1 Å². The molecule has 0 saturated heterocycles. The molecule has 1 rings (SSSR count). The highest BCUT2D eigenvalue weighted by Gasteiger charge is 2.26. The van der Waals surface area contributed by atoms with Gasteiger partial charge in [0.05, 0.1) is 26.7 Å². The van der Waals surface area contributed by atoms with Crippen molar-refractivity contribution in [3.8, 4) is 0 Å². The van der Waals surface area contributed by atoms with E-state index in [1.165, 1.54) is 0 Å². The number of hydrogen-bond acceptors (Lipinski definition) is 3. The first-order valence-electron chi connectivity index (χ1n) is 3.99. The van der Waals surface area contributed by atoms with Crippen molar-refractivity contribution in [1.82, 2.24) is 0 Å². The van der Waals surface area contributed by atoms with E-state index in [0.29, 0.717) is 6.07 Å². The number of rotatable bonds is 3. The van der Waals surface area contributed by atoms with Gasteiger partial charge in [0.15, 0.2) is 0 Å². The van der Waals surface area contributed by atoms with Gasteiger partial charge < -0.3 is 15.3 Å². The normalized spacial score (nSPS) is 10.0. The smallest absolute Gasteiger partial charge is 0.338 e. The lowest BCUT2D eigenvalue weighted by molar-refractivity contribution is 0.0649. The molecular weight excluding hydrogens is 275 g/mol. The molecule has 90 valence electrons. The molecule has 0 aliphatic heterocycles. The van der Waals surface area contributed by atoms with E-state index >= 15 is 0 Å². The summed E-state index contributed by atoms with van der Waals surface area (Å²) in [7, 11) is 0. The lowest BCUT2D eigenvalue weighted by atomic mass is 10.0. The van der Waals surface area contributed by atoms with E-state index in [1.807, 2.05) is 0 Å². The Morgan fingerprint density at radius 2 is 1.29 bits per heavy atom. The number of halogens is 2. The second-order valence-corrected chi connectivity index (χ2v) is 3.65. The molecule has 0 amide bonds. The molecule has 1 aromatic carbocycles. The van der Waals surface area contributed by atoms with Gasteiger partial charge in [-0.15, -0.1) is 0 Å². The van der Waals surface area contributed by atoms with Gasteiger partial charge in [0.25, 0.3) is 0 Å². The van der Waals surface area contributed by atoms with Crippen LogP contribution in [0.5, 0.6) is 0 Å². The van der Waals surface area contributed by atoms with E-state index in [1.54, 1.807) is 0 Å². The topological polar surface area (TPSA) is 112 Å². The number of hydrogen-bond donors (Lipinski definition) is 3. The molecule has 17 heavy (non-hydrogen) atoms. The quantitative estimate of drug-likeness (QED) is 0.780. The minimum absolute atomic E-state index is 0.512. The average molecular weight is 279 g/mol. The summed E-state index contributed by atoms with van der Waals surface area (Å²) >= 11 is 11.1. The van der Waals surface area contributed by atoms with Crippen LogP contribution in [0.2, 0.25) is 10.0 Å². The molecule has 0 bridgehead atoms. The molecular formula is C9H4Cl2O6. The second kappa shape index (κ2) is 4.60. The summed E-state index contributed by atoms with van der Waals surface area (Å²) in [6.45, 7) is 0. The highest BCUT2D eigenvalue weighted by atomic mass is 35.5. The van der Waals surface area contributed by atoms with Crippen LogP contribution in [-0.2, 0) is 0 Å². The molecule has 8 heteroatoms. The van der Waals surface area contributed by atoms with Crippen LogP contribution in [0.1, 0.15) is 31.1 Å². The molecule has 0 unspecified atom stereocenters. The first kappa shape index (κ1) is 13.3. The molecule has 0 radical (unpaired) electrons. The minimum atomic E-state index is -1.61. The van der Waals surface area contributed by atoms with E-state index in [4.69, 9.17) is 38.5 Å². The van der Waals surface area contributed by atoms with Crippen molar-refractivity contribution in [3.05, 3.63) is 32.8 Å². The third-order valence-electron chi connectivity index (χ3n) is 1.88. The Balaban J connectivity index is 3.75. The maximum absolute atomic E-state index is 10.8. The Bertz CT molecular complexity index is 537. The second-order valence-electron chi connectivity index (χ2n) is 2.89. The summed E-state index contributed by atoms with van der Waals surface area (Å²) in [5.74, 6) is -4.72. The number of carbonyl (C=O) groups is 3. The molecule has 1 aromatic rings. The van der Waals surface area contributed by atoms with Gasteiger partial charge in [-0.05, 0) is 6.07 Å². The number of aromatic carboxylic acids is 3. The molecule has 0 saturated carbocycles. The Labute approximate surface area is 104 Å². The standard InChI is InChI=1S/C9H4Cl2O6/c10-5-3(8(14)15)1-2(7(12)13)4(6(5)11)9(16)17/h1H,(H,12,13)(H,14,15)(H,16,17). The van der Waals surface area contributed by atoms with Gasteiger partial charge in [0.1, 0.15) is 0 Å². The summed E-state index contributed by atoms with van der Waals surface area (Å²) in [5.41, 5.74) is -2.04. The highest BCUT2D eigenvalue weighted by Crippen LogP contribution is 2.32. The number of carboxylic acid groups (broad SMARTS) is 3. The summed E-state index contributed by atoms with van der Waals surface area (Å²) in [5, 5.41) is 25.2. The van der Waals surface area contributed by atoms with Crippen LogP contribution in [-0.4, -0.2) is 33.2 Å². The molecule has 0 aliphatic carbocycles. The van der Waals surface area contributed by atoms with Gasteiger partial charge >= 0.3 is 17.9 Å². The Morgan fingerprint density at radius 1 is 0.824 bits per heavy atom. The summed E-state index contributed by atoms with van der Waals surface area (Å²) < 4.78 is 0. The zero-order valence-electron chi connectivity index (χ0n) is 7.90. The van der Waals surface area contributed by atoms with Crippen molar-refractivity contribution in [2.24, 2.45) is 0 Å². The molecule has 0 heterocycles. The molecule has 3 N–H and O–H groups in total. The third kappa shape index (κ3) is 2.32. The van der Waals surface area contributed by atoms with E-state index in [0.717, 1.165) is 0 Å². The van der Waals surface area contributed by atoms with E-state index in [-0.39, 0.29) is 0 Å². The maximum Gasteiger partial charge on any atom is 0.338 e. The molecule has 0 aliphatic rings. The maximum atomic E-state index is 10.8. The predicted molar refractivity (Wildman–Crippen MR) is 57.3 cm³/mol. The Hall–Kier alpha value is -1.79. The van der Waals surface area contributed by atoms with Crippen molar-refractivity contribution in [2.75, 3.05) is 0 Å². The van der Waals surface area contributed by atoms with E-state index < -0.39 is 44.6 Å². The van der Waals surface area contributed by atoms with Crippen molar-refractivity contribution in [3.63, 3.8) is 0 Å². The van der Waals surface area contributed by atoms with E-state index in [2.05, 4.69) is 0 Å². The van der Waals surface area contributed by atoms with Gasteiger partial charge in [-0.1, -0.05) is 23.2 Å². The van der Waals surface area contributed by atoms with Crippen LogP contribution in [0.4, 0.5) is 0 Å². The lowest BCUT2D eigenvalue weighted by Gasteiger charge is -2.08. The van der Waals surface area contributed by atoms with Crippen molar-refractivity contribution in [1.29, 1.82) is 0 Å². The van der Waals surface area contributed by atoms with Crippen LogP contribution < -0.4 is 0 Å². The fourth-order valence-corrected chi connectivity index (χ4v) is 1.67. The zero-order valence-corrected chi connectivity index (χ0v) is 9.41. The summed E-state index contributed by atoms with van der Waals surface area (Å²) in [6.07, 6.45) is 0. The van der Waals surface area contributed by atoms with E-state index in [9.17, 15) is 14.4 Å². The molecule has 0 atom stereocenters. The van der Waals surface area contributed by atoms with Gasteiger partial charge in [-0.25, -0.2) is 14.4 Å². The Morgan fingerprint density at radius 3 is 1.65 bits per heavy atom. The minimum Gasteiger partial charge on any atom is -0.478 e.